The lowest BCUT2D eigenvalue weighted by atomic mass is 9.82. The van der Waals surface area contributed by atoms with Gasteiger partial charge in [0.15, 0.2) is 0 Å². The summed E-state index contributed by atoms with van der Waals surface area (Å²) in [5.74, 6) is 1.39. The molecule has 2 atom stereocenters. The van der Waals surface area contributed by atoms with Gasteiger partial charge in [0.1, 0.15) is 11.4 Å². The average Bonchev–Trinajstić information content (AvgIpc) is 2.37. The van der Waals surface area contributed by atoms with E-state index in [1.807, 2.05) is 33.0 Å². The maximum Gasteiger partial charge on any atom is 0.414 e. The summed E-state index contributed by atoms with van der Waals surface area (Å²) in [6.45, 7) is 9.13. The smallest absolute Gasteiger partial charge is 0.414 e. The lowest BCUT2D eigenvalue weighted by Crippen LogP contribution is -2.37. The van der Waals surface area contributed by atoms with Crippen molar-refractivity contribution < 1.29 is 9.53 Å². The van der Waals surface area contributed by atoms with E-state index in [9.17, 15) is 4.79 Å². The van der Waals surface area contributed by atoms with Gasteiger partial charge in [-0.2, -0.15) is 0 Å². The van der Waals surface area contributed by atoms with Gasteiger partial charge in [-0.25, -0.2) is 4.79 Å². The van der Waals surface area contributed by atoms with Gasteiger partial charge in [-0.3, -0.25) is 9.89 Å². The van der Waals surface area contributed by atoms with Crippen LogP contribution in [-0.2, 0) is 4.74 Å². The molecule has 0 radical (unpaired) electrons. The minimum absolute atomic E-state index is 0.282. The highest BCUT2D eigenvalue weighted by Gasteiger charge is 2.28. The number of hydrogen-bond donors (Lipinski definition) is 1. The number of nitrogens with zero attached hydrogens (tertiary/aromatic N) is 2. The summed E-state index contributed by atoms with van der Waals surface area (Å²) >= 11 is 0. The van der Waals surface area contributed by atoms with Gasteiger partial charge in [0.05, 0.1) is 0 Å². The van der Waals surface area contributed by atoms with Crippen molar-refractivity contribution in [2.75, 3.05) is 13.1 Å². The summed E-state index contributed by atoms with van der Waals surface area (Å²) < 4.78 is 5.38. The fourth-order valence-electron chi connectivity index (χ4n) is 2.69. The molecule has 0 saturated carbocycles. The Bertz CT molecular complexity index is 500. The second-order valence-electron chi connectivity index (χ2n) is 6.73. The van der Waals surface area contributed by atoms with Gasteiger partial charge >= 0.3 is 6.09 Å². The van der Waals surface area contributed by atoms with Gasteiger partial charge in [0.25, 0.3) is 0 Å². The first-order valence-electron chi connectivity index (χ1n) is 7.42. The highest BCUT2D eigenvalue weighted by atomic mass is 16.6. The van der Waals surface area contributed by atoms with Gasteiger partial charge < -0.3 is 10.5 Å². The van der Waals surface area contributed by atoms with E-state index < -0.39 is 5.60 Å². The molecule has 2 N–H and O–H groups in total. The minimum atomic E-state index is -0.462. The topological polar surface area (TPSA) is 67.9 Å². The number of amidine groups is 1. The zero-order chi connectivity index (χ0) is 15.6. The van der Waals surface area contributed by atoms with Gasteiger partial charge in [-0.05, 0) is 46.1 Å². The van der Waals surface area contributed by atoms with E-state index in [0.717, 1.165) is 13.0 Å². The van der Waals surface area contributed by atoms with Gasteiger partial charge in [0.2, 0.25) is 0 Å². The highest BCUT2D eigenvalue weighted by Crippen LogP contribution is 2.30. The van der Waals surface area contributed by atoms with Gasteiger partial charge in [0, 0.05) is 25.2 Å². The van der Waals surface area contributed by atoms with Crippen molar-refractivity contribution in [1.82, 2.24) is 4.90 Å². The van der Waals surface area contributed by atoms with Crippen LogP contribution in [0, 0.1) is 11.8 Å². The van der Waals surface area contributed by atoms with Gasteiger partial charge in [-0.15, -0.1) is 0 Å². The second kappa shape index (κ2) is 5.92. The number of carbonyl (C=O) groups is 1. The van der Waals surface area contributed by atoms with Gasteiger partial charge in [-0.1, -0.05) is 11.6 Å². The molecule has 2 aliphatic rings. The maximum absolute atomic E-state index is 12.0. The first-order valence-corrected chi connectivity index (χ1v) is 7.42. The molecule has 2 heterocycles. The molecule has 0 fully saturated rings. The van der Waals surface area contributed by atoms with E-state index in [-0.39, 0.29) is 6.09 Å². The minimum Gasteiger partial charge on any atom is -0.443 e. The van der Waals surface area contributed by atoms with Crippen LogP contribution in [0.15, 0.2) is 28.9 Å². The lowest BCUT2D eigenvalue weighted by Gasteiger charge is -2.33. The predicted octanol–water partition coefficient (Wildman–Crippen LogP) is 2.69. The SMILES string of the molecule is CC1=CC(N)=NCC1C1C=CN(C(=O)OC(C)(C)C)CC1. The molecule has 0 spiro atoms. The van der Waals surface area contributed by atoms with Crippen LogP contribution in [0.4, 0.5) is 4.79 Å². The Hall–Kier alpha value is -1.78. The zero-order valence-corrected chi connectivity index (χ0v) is 13.3. The maximum atomic E-state index is 12.0. The number of nitrogens with two attached hydrogens (primary N) is 1. The number of aliphatic imine (C=N–C) groups is 1. The summed E-state index contributed by atoms with van der Waals surface area (Å²) in [6, 6.07) is 0. The first-order chi connectivity index (χ1) is 9.76. The molecule has 0 aromatic carbocycles. The molecule has 5 heteroatoms. The molecule has 0 bridgehead atoms. The van der Waals surface area contributed by atoms with Crippen molar-refractivity contribution in [1.29, 1.82) is 0 Å². The van der Waals surface area contributed by atoms with Crippen LogP contribution in [0.1, 0.15) is 34.1 Å². The Balaban J connectivity index is 1.97. The van der Waals surface area contributed by atoms with Crippen LogP contribution in [0.5, 0.6) is 0 Å². The molecule has 0 aromatic heterocycles. The number of ether oxygens (including phenoxy) is 1. The number of allylic oxidation sites excluding steroid dienone is 1. The lowest BCUT2D eigenvalue weighted by molar-refractivity contribution is 0.0315. The summed E-state index contributed by atoms with van der Waals surface area (Å²) in [6.07, 6.45) is 6.52. The highest BCUT2D eigenvalue weighted by molar-refractivity contribution is 5.92. The third-order valence-corrected chi connectivity index (χ3v) is 3.79. The van der Waals surface area contributed by atoms with Crippen molar-refractivity contribution in [3.63, 3.8) is 0 Å². The molecule has 2 aliphatic heterocycles. The van der Waals surface area contributed by atoms with Crippen LogP contribution in [0.2, 0.25) is 0 Å². The molecular weight excluding hydrogens is 266 g/mol. The molecule has 0 saturated heterocycles. The van der Waals surface area contributed by atoms with E-state index in [4.69, 9.17) is 10.5 Å². The second-order valence-corrected chi connectivity index (χ2v) is 6.73. The molecule has 116 valence electrons. The molecular formula is C16H25N3O2. The molecule has 2 unspecified atom stereocenters. The number of carbonyl (C=O) groups excluding carboxylic acids is 1. The normalized spacial score (nSPS) is 26.2. The van der Waals surface area contributed by atoms with Crippen LogP contribution in [0.3, 0.4) is 0 Å². The van der Waals surface area contributed by atoms with Crippen LogP contribution >= 0.6 is 0 Å². The Kier molecular flexibility index (Phi) is 4.40. The Morgan fingerprint density at radius 1 is 1.48 bits per heavy atom. The zero-order valence-electron chi connectivity index (χ0n) is 13.3. The Labute approximate surface area is 126 Å². The molecule has 0 aliphatic carbocycles. The molecule has 1 amide bonds. The average molecular weight is 291 g/mol. The Morgan fingerprint density at radius 3 is 2.71 bits per heavy atom. The third kappa shape index (κ3) is 4.09. The largest absolute Gasteiger partial charge is 0.443 e. The van der Waals surface area contributed by atoms with E-state index >= 15 is 0 Å². The summed E-state index contributed by atoms with van der Waals surface area (Å²) in [5.41, 5.74) is 6.53. The number of dihydropyridines is 1. The first kappa shape index (κ1) is 15.6. The Morgan fingerprint density at radius 2 is 2.19 bits per heavy atom. The predicted molar refractivity (Wildman–Crippen MR) is 83.9 cm³/mol. The van der Waals surface area contributed by atoms with Crippen molar-refractivity contribution >= 4 is 11.9 Å². The number of rotatable bonds is 1. The van der Waals surface area contributed by atoms with Crippen LogP contribution < -0.4 is 5.73 Å². The van der Waals surface area contributed by atoms with Crippen molar-refractivity contribution in [2.24, 2.45) is 22.6 Å². The fourth-order valence-corrected chi connectivity index (χ4v) is 2.69. The third-order valence-electron chi connectivity index (χ3n) is 3.79. The van der Waals surface area contributed by atoms with E-state index in [1.54, 1.807) is 4.90 Å². The van der Waals surface area contributed by atoms with E-state index in [2.05, 4.69) is 18.0 Å². The standard InChI is InChI=1S/C16H25N3O2/c1-11-9-14(17)18-10-13(11)12-5-7-19(8-6-12)15(20)21-16(2,3)4/h5,7,9,12-13H,6,8,10H2,1-4H3,(H2,17,18). The molecule has 0 aromatic rings. The van der Waals surface area contributed by atoms with Crippen molar-refractivity contribution in [3.05, 3.63) is 23.9 Å². The van der Waals surface area contributed by atoms with Crippen molar-refractivity contribution in [2.45, 2.75) is 39.7 Å². The number of hydrogen-bond acceptors (Lipinski definition) is 4. The molecule has 21 heavy (non-hydrogen) atoms. The monoisotopic (exact) mass is 291 g/mol. The van der Waals surface area contributed by atoms with Crippen LogP contribution in [0.25, 0.3) is 0 Å². The van der Waals surface area contributed by atoms with E-state index in [0.29, 0.717) is 24.2 Å². The molecule has 2 rings (SSSR count). The quantitative estimate of drug-likeness (QED) is 0.807. The summed E-state index contributed by atoms with van der Waals surface area (Å²) in [5, 5.41) is 0. The van der Waals surface area contributed by atoms with Crippen LogP contribution in [-0.4, -0.2) is 35.5 Å². The molecule has 5 nitrogen and oxygen atoms in total. The summed E-state index contributed by atoms with van der Waals surface area (Å²) in [7, 11) is 0. The number of amides is 1. The van der Waals surface area contributed by atoms with Crippen molar-refractivity contribution in [3.8, 4) is 0 Å². The summed E-state index contributed by atoms with van der Waals surface area (Å²) in [4.78, 5) is 18.0. The fraction of sp³-hybridized carbons (Fsp3) is 0.625. The van der Waals surface area contributed by atoms with E-state index in [1.165, 1.54) is 5.57 Å².